The second kappa shape index (κ2) is 15.2. The Balaban J connectivity index is 2.22. The Hall–Kier alpha value is -2.49. The molecule has 0 aliphatic heterocycles. The van der Waals surface area contributed by atoms with Gasteiger partial charge in [-0.05, 0) is 68.1 Å². The van der Waals surface area contributed by atoms with Crippen molar-refractivity contribution >= 4 is 50.7 Å². The van der Waals surface area contributed by atoms with Crippen LogP contribution in [0.25, 0.3) is 0 Å². The molecule has 0 aliphatic rings. The maximum atomic E-state index is 13.5. The van der Waals surface area contributed by atoms with Crippen molar-refractivity contribution < 1.29 is 22.7 Å². The molecule has 0 heterocycles. The van der Waals surface area contributed by atoms with Crippen molar-refractivity contribution in [2.75, 3.05) is 30.3 Å². The minimum absolute atomic E-state index is 0.0474. The van der Waals surface area contributed by atoms with E-state index in [1.165, 1.54) is 9.21 Å². The number of ether oxygens (including phenoxy) is 1. The lowest BCUT2D eigenvalue weighted by Crippen LogP contribution is -2.49. The number of hydrogen-bond acceptors (Lipinski definition) is 5. The molecule has 2 aromatic carbocycles. The molecule has 2 aromatic rings. The summed E-state index contributed by atoms with van der Waals surface area (Å²) in [5, 5.41) is 3.75. The standard InChI is InChI=1S/C27H37Cl2N3O5S/c1-5-16-30-27(34)25(6-2)31(19-20-10-11-21(28)18-24(20)29)26(33)9-8-17-32(38(4,35)36)22-12-14-23(15-13-22)37-7-3/h10-15,18,25H,5-9,16-17,19H2,1-4H3,(H,30,34)/t25-/m1/s1. The molecule has 1 atom stereocenters. The van der Waals surface area contributed by atoms with Crippen LogP contribution in [0.1, 0.15) is 52.0 Å². The molecule has 11 heteroatoms. The van der Waals surface area contributed by atoms with Gasteiger partial charge < -0.3 is 15.0 Å². The second-order valence-electron chi connectivity index (χ2n) is 8.84. The number of hydrogen-bond donors (Lipinski definition) is 1. The average molecular weight is 587 g/mol. The Morgan fingerprint density at radius 3 is 2.29 bits per heavy atom. The first-order valence-electron chi connectivity index (χ1n) is 12.7. The summed E-state index contributed by atoms with van der Waals surface area (Å²) in [6.07, 6.45) is 2.62. The summed E-state index contributed by atoms with van der Waals surface area (Å²) in [5.74, 6) is 0.137. The van der Waals surface area contributed by atoms with Crippen molar-refractivity contribution in [2.24, 2.45) is 0 Å². The van der Waals surface area contributed by atoms with E-state index in [1.54, 1.807) is 42.5 Å². The SMILES string of the molecule is CCCNC(=O)[C@@H](CC)N(Cc1ccc(Cl)cc1Cl)C(=O)CCCN(c1ccc(OCC)cc1)S(C)(=O)=O. The van der Waals surface area contributed by atoms with Crippen LogP contribution in [0.3, 0.4) is 0 Å². The van der Waals surface area contributed by atoms with E-state index in [0.29, 0.717) is 46.6 Å². The van der Waals surface area contributed by atoms with Crippen molar-refractivity contribution in [3.05, 3.63) is 58.1 Å². The number of nitrogens with zero attached hydrogens (tertiary/aromatic N) is 2. The summed E-state index contributed by atoms with van der Waals surface area (Å²) < 4.78 is 31.8. The maximum absolute atomic E-state index is 13.5. The summed E-state index contributed by atoms with van der Waals surface area (Å²) in [6, 6.07) is 11.1. The van der Waals surface area contributed by atoms with E-state index >= 15 is 0 Å². The molecule has 8 nitrogen and oxygen atoms in total. The Kier molecular flexibility index (Phi) is 12.7. The zero-order valence-corrected chi connectivity index (χ0v) is 24.7. The van der Waals surface area contributed by atoms with Gasteiger partial charge in [0.15, 0.2) is 0 Å². The van der Waals surface area contributed by atoms with Gasteiger partial charge in [0, 0.05) is 36.1 Å². The van der Waals surface area contributed by atoms with Crippen molar-refractivity contribution in [2.45, 2.75) is 59.0 Å². The predicted octanol–water partition coefficient (Wildman–Crippen LogP) is 5.27. The van der Waals surface area contributed by atoms with Crippen molar-refractivity contribution in [3.8, 4) is 5.75 Å². The molecule has 2 amide bonds. The predicted molar refractivity (Wildman–Crippen MR) is 153 cm³/mol. The van der Waals surface area contributed by atoms with E-state index < -0.39 is 16.1 Å². The molecule has 0 saturated heterocycles. The fourth-order valence-electron chi connectivity index (χ4n) is 4.00. The largest absolute Gasteiger partial charge is 0.494 e. The fourth-order valence-corrected chi connectivity index (χ4v) is 5.43. The minimum Gasteiger partial charge on any atom is -0.494 e. The van der Waals surface area contributed by atoms with E-state index in [1.807, 2.05) is 20.8 Å². The Bertz CT molecular complexity index is 1180. The third kappa shape index (κ3) is 9.36. The van der Waals surface area contributed by atoms with Gasteiger partial charge in [-0.3, -0.25) is 13.9 Å². The van der Waals surface area contributed by atoms with E-state index in [0.717, 1.165) is 12.7 Å². The summed E-state index contributed by atoms with van der Waals surface area (Å²) in [6.45, 7) is 6.91. The van der Waals surface area contributed by atoms with Crippen LogP contribution >= 0.6 is 23.2 Å². The Labute approximate surface area is 236 Å². The minimum atomic E-state index is -3.59. The molecule has 1 N–H and O–H groups in total. The van der Waals surface area contributed by atoms with Crippen LogP contribution in [0, 0.1) is 0 Å². The highest BCUT2D eigenvalue weighted by atomic mass is 35.5. The maximum Gasteiger partial charge on any atom is 0.242 e. The first-order chi connectivity index (χ1) is 18.0. The number of carbonyl (C=O) groups is 2. The number of benzene rings is 2. The molecule has 210 valence electrons. The van der Waals surface area contributed by atoms with Crippen LogP contribution in [-0.2, 0) is 26.2 Å². The third-order valence-corrected chi connectivity index (χ3v) is 7.66. The molecule has 0 aliphatic carbocycles. The van der Waals surface area contributed by atoms with Gasteiger partial charge in [0.05, 0.1) is 18.6 Å². The highest BCUT2D eigenvalue weighted by Crippen LogP contribution is 2.25. The van der Waals surface area contributed by atoms with Gasteiger partial charge in [-0.1, -0.05) is 43.1 Å². The molecule has 0 aromatic heterocycles. The van der Waals surface area contributed by atoms with Crippen LogP contribution in [-0.4, -0.2) is 57.1 Å². The second-order valence-corrected chi connectivity index (χ2v) is 11.6. The summed E-state index contributed by atoms with van der Waals surface area (Å²) in [7, 11) is -3.59. The van der Waals surface area contributed by atoms with Crippen molar-refractivity contribution in [1.82, 2.24) is 10.2 Å². The summed E-state index contributed by atoms with van der Waals surface area (Å²) >= 11 is 12.4. The van der Waals surface area contributed by atoms with Gasteiger partial charge in [0.25, 0.3) is 0 Å². The van der Waals surface area contributed by atoms with E-state index in [4.69, 9.17) is 27.9 Å². The first kappa shape index (κ1) is 31.7. The smallest absolute Gasteiger partial charge is 0.242 e. The highest BCUT2D eigenvalue weighted by molar-refractivity contribution is 7.92. The van der Waals surface area contributed by atoms with Gasteiger partial charge in [0.1, 0.15) is 11.8 Å². The highest BCUT2D eigenvalue weighted by Gasteiger charge is 2.29. The van der Waals surface area contributed by atoms with Crippen LogP contribution in [0.2, 0.25) is 10.0 Å². The Morgan fingerprint density at radius 1 is 1.05 bits per heavy atom. The molecular weight excluding hydrogens is 549 g/mol. The quantitative estimate of drug-likeness (QED) is 0.307. The van der Waals surface area contributed by atoms with Gasteiger partial charge >= 0.3 is 0 Å². The van der Waals surface area contributed by atoms with Gasteiger partial charge in [-0.25, -0.2) is 8.42 Å². The topological polar surface area (TPSA) is 96.0 Å². The normalized spacial score (nSPS) is 12.1. The lowest BCUT2D eigenvalue weighted by molar-refractivity contribution is -0.141. The van der Waals surface area contributed by atoms with E-state index in [9.17, 15) is 18.0 Å². The average Bonchev–Trinajstić information content (AvgIpc) is 2.86. The summed E-state index contributed by atoms with van der Waals surface area (Å²) in [4.78, 5) is 27.9. The zero-order valence-electron chi connectivity index (χ0n) is 22.4. The fraction of sp³-hybridized carbons (Fsp3) is 0.481. The number of rotatable bonds is 15. The zero-order chi connectivity index (χ0) is 28.3. The number of amides is 2. The molecule has 0 saturated carbocycles. The lowest BCUT2D eigenvalue weighted by Gasteiger charge is -2.31. The number of halogens is 2. The molecule has 38 heavy (non-hydrogen) atoms. The van der Waals surface area contributed by atoms with Crippen LogP contribution in [0.5, 0.6) is 5.75 Å². The summed E-state index contributed by atoms with van der Waals surface area (Å²) in [5.41, 5.74) is 1.15. The van der Waals surface area contributed by atoms with Crippen LogP contribution in [0.15, 0.2) is 42.5 Å². The monoisotopic (exact) mass is 585 g/mol. The third-order valence-electron chi connectivity index (χ3n) is 5.88. The van der Waals surface area contributed by atoms with Crippen LogP contribution < -0.4 is 14.4 Å². The molecule has 0 fully saturated rings. The molecule has 0 unspecified atom stereocenters. The molecule has 0 bridgehead atoms. The van der Waals surface area contributed by atoms with Gasteiger partial charge in [-0.15, -0.1) is 0 Å². The number of carbonyl (C=O) groups excluding carboxylic acids is 2. The number of sulfonamides is 1. The Morgan fingerprint density at radius 2 is 1.74 bits per heavy atom. The van der Waals surface area contributed by atoms with Gasteiger partial charge in [0.2, 0.25) is 21.8 Å². The number of nitrogens with one attached hydrogen (secondary N) is 1. The van der Waals surface area contributed by atoms with Crippen molar-refractivity contribution in [1.29, 1.82) is 0 Å². The van der Waals surface area contributed by atoms with Crippen LogP contribution in [0.4, 0.5) is 5.69 Å². The van der Waals surface area contributed by atoms with Gasteiger partial charge in [-0.2, -0.15) is 0 Å². The first-order valence-corrected chi connectivity index (χ1v) is 15.3. The molecule has 0 radical (unpaired) electrons. The lowest BCUT2D eigenvalue weighted by atomic mass is 10.1. The van der Waals surface area contributed by atoms with E-state index in [-0.39, 0.29) is 37.7 Å². The van der Waals surface area contributed by atoms with Crippen molar-refractivity contribution in [3.63, 3.8) is 0 Å². The van der Waals surface area contributed by atoms with E-state index in [2.05, 4.69) is 5.32 Å². The molecular formula is C27H37Cl2N3O5S. The molecule has 0 spiro atoms. The number of anilines is 1. The molecule has 2 rings (SSSR count).